The molecule has 0 saturated heterocycles. The second-order valence-electron chi connectivity index (χ2n) is 15.6. The fourth-order valence-electron chi connectivity index (χ4n) is 10.1. The van der Waals surface area contributed by atoms with E-state index >= 15 is 0 Å². The van der Waals surface area contributed by atoms with Gasteiger partial charge in [-0.2, -0.15) is 0 Å². The molecule has 1 aliphatic heterocycles. The zero-order valence-corrected chi connectivity index (χ0v) is 30.5. The summed E-state index contributed by atoms with van der Waals surface area (Å²) in [7, 11) is 0. The van der Waals surface area contributed by atoms with Crippen molar-refractivity contribution in [3.05, 3.63) is 209 Å². The highest BCUT2D eigenvalue weighted by atomic mass is 16.5. The molecular weight excluding hydrogens is 671 g/mol. The molecule has 55 heavy (non-hydrogen) atoms. The van der Waals surface area contributed by atoms with Gasteiger partial charge >= 0.3 is 0 Å². The molecule has 12 rings (SSSR count). The van der Waals surface area contributed by atoms with Crippen molar-refractivity contribution in [1.82, 2.24) is 0 Å². The van der Waals surface area contributed by atoms with Crippen molar-refractivity contribution < 1.29 is 9.15 Å². The molecule has 1 spiro atoms. The molecule has 260 valence electrons. The van der Waals surface area contributed by atoms with Crippen LogP contribution >= 0.6 is 0 Å². The number of rotatable bonds is 3. The number of hydrogen-bond donors (Lipinski definition) is 0. The molecule has 0 unspecified atom stereocenters. The molecule has 0 N–H and O–H groups in total. The quantitative estimate of drug-likeness (QED) is 0.183. The van der Waals surface area contributed by atoms with E-state index in [4.69, 9.17) is 9.15 Å². The summed E-state index contributed by atoms with van der Waals surface area (Å²) >= 11 is 0. The zero-order chi connectivity index (χ0) is 36.5. The van der Waals surface area contributed by atoms with E-state index in [9.17, 15) is 0 Å². The maximum absolute atomic E-state index is 6.97. The highest BCUT2D eigenvalue weighted by molar-refractivity contribution is 6.06. The minimum atomic E-state index is -0.517. The number of ether oxygens (including phenoxy) is 1. The highest BCUT2D eigenvalue weighted by Gasteiger charge is 2.51. The number of benzene rings is 8. The van der Waals surface area contributed by atoms with Crippen molar-refractivity contribution in [2.45, 2.75) is 24.7 Å². The van der Waals surface area contributed by atoms with Crippen LogP contribution in [-0.4, -0.2) is 0 Å². The molecule has 3 aliphatic rings. The van der Waals surface area contributed by atoms with Gasteiger partial charge in [-0.05, 0) is 87.0 Å². The first-order valence-electron chi connectivity index (χ1n) is 19.1. The van der Waals surface area contributed by atoms with E-state index in [-0.39, 0.29) is 5.41 Å². The van der Waals surface area contributed by atoms with Gasteiger partial charge in [-0.15, -0.1) is 0 Å². The van der Waals surface area contributed by atoms with E-state index < -0.39 is 5.41 Å². The molecule has 0 radical (unpaired) electrons. The Morgan fingerprint density at radius 1 is 0.382 bits per heavy atom. The third kappa shape index (κ3) is 4.00. The van der Waals surface area contributed by atoms with Gasteiger partial charge in [0.15, 0.2) is 0 Å². The molecule has 2 heterocycles. The van der Waals surface area contributed by atoms with Crippen LogP contribution in [0.3, 0.4) is 0 Å². The van der Waals surface area contributed by atoms with Crippen LogP contribution in [0.5, 0.6) is 11.5 Å². The molecule has 3 heteroatoms. The lowest BCUT2D eigenvalue weighted by molar-refractivity contribution is 0.436. The predicted octanol–water partition coefficient (Wildman–Crippen LogP) is 13.8. The SMILES string of the molecule is CC1(C)c2ccccc2-c2ccc(N(c3ccc4c(c3)Oc3ccccc3C43c4ccccc4-c4ccccc43)c3ccc4c(c3)oc3ccccc34)cc21. The van der Waals surface area contributed by atoms with Crippen molar-refractivity contribution in [2.75, 3.05) is 4.90 Å². The topological polar surface area (TPSA) is 25.6 Å². The standard InChI is InChI=1S/C52H35NO2/c1-51(2)41-17-7-3-13-35(41)38-26-23-32(29-46(38)51)53(33-24-27-40-39-16-6-11-21-47(39)54-49(40)30-33)34-25-28-45-50(31-34)55-48-22-12-10-20-44(48)52(45)42-18-8-4-14-36(42)37-15-5-9-19-43(37)52/h3-31H,1-2H3. The van der Waals surface area contributed by atoms with Crippen LogP contribution in [0.15, 0.2) is 180 Å². The average molecular weight is 706 g/mol. The van der Waals surface area contributed by atoms with Crippen LogP contribution in [-0.2, 0) is 10.8 Å². The number of anilines is 3. The normalized spacial score (nSPS) is 14.8. The Morgan fingerprint density at radius 2 is 0.909 bits per heavy atom. The minimum Gasteiger partial charge on any atom is -0.457 e. The Morgan fingerprint density at radius 3 is 1.69 bits per heavy atom. The summed E-state index contributed by atoms with van der Waals surface area (Å²) in [5.41, 5.74) is 16.9. The largest absolute Gasteiger partial charge is 0.457 e. The van der Waals surface area contributed by atoms with E-state index in [1.807, 2.05) is 12.1 Å². The fourth-order valence-corrected chi connectivity index (χ4v) is 10.1. The minimum absolute atomic E-state index is 0.144. The molecule has 1 aromatic heterocycles. The molecule has 3 nitrogen and oxygen atoms in total. The highest BCUT2D eigenvalue weighted by Crippen LogP contribution is 2.62. The predicted molar refractivity (Wildman–Crippen MR) is 223 cm³/mol. The summed E-state index contributed by atoms with van der Waals surface area (Å²) in [6.45, 7) is 4.68. The first-order chi connectivity index (χ1) is 27.0. The average Bonchev–Trinajstić information content (AvgIpc) is 3.82. The Balaban J connectivity index is 1.10. The van der Waals surface area contributed by atoms with Gasteiger partial charge in [-0.3, -0.25) is 0 Å². The Hall–Kier alpha value is -6.84. The molecule has 0 amide bonds. The molecule has 0 saturated carbocycles. The monoisotopic (exact) mass is 705 g/mol. The van der Waals surface area contributed by atoms with Crippen LogP contribution in [0.25, 0.3) is 44.2 Å². The Kier molecular flexibility index (Phi) is 6.05. The van der Waals surface area contributed by atoms with E-state index in [2.05, 4.69) is 183 Å². The molecule has 0 bridgehead atoms. The lowest BCUT2D eigenvalue weighted by Gasteiger charge is -2.40. The van der Waals surface area contributed by atoms with Crippen molar-refractivity contribution >= 4 is 39.0 Å². The van der Waals surface area contributed by atoms with E-state index in [1.165, 1.54) is 50.1 Å². The van der Waals surface area contributed by atoms with Gasteiger partial charge in [0.05, 0.1) is 5.41 Å². The van der Waals surface area contributed by atoms with E-state index in [1.54, 1.807) is 0 Å². The van der Waals surface area contributed by atoms with Crippen LogP contribution < -0.4 is 9.64 Å². The van der Waals surface area contributed by atoms with Crippen molar-refractivity contribution in [2.24, 2.45) is 0 Å². The van der Waals surface area contributed by atoms with E-state index in [0.29, 0.717) is 0 Å². The maximum Gasteiger partial charge on any atom is 0.137 e. The summed E-state index contributed by atoms with van der Waals surface area (Å²) in [5.74, 6) is 1.73. The second-order valence-corrected chi connectivity index (χ2v) is 15.6. The zero-order valence-electron chi connectivity index (χ0n) is 30.5. The molecule has 2 aliphatic carbocycles. The number of para-hydroxylation sites is 2. The maximum atomic E-state index is 6.97. The van der Waals surface area contributed by atoms with Crippen LogP contribution in [0.2, 0.25) is 0 Å². The van der Waals surface area contributed by atoms with Crippen LogP contribution in [0, 0.1) is 0 Å². The van der Waals surface area contributed by atoms with Gasteiger partial charge < -0.3 is 14.1 Å². The number of nitrogens with zero attached hydrogens (tertiary/aromatic N) is 1. The summed E-state index contributed by atoms with van der Waals surface area (Å²) in [6.07, 6.45) is 0. The summed E-state index contributed by atoms with van der Waals surface area (Å²) in [6, 6.07) is 63.8. The Labute approximate surface area is 319 Å². The lowest BCUT2D eigenvalue weighted by atomic mass is 9.66. The fraction of sp³-hybridized carbons (Fsp3) is 0.0769. The van der Waals surface area contributed by atoms with Crippen LogP contribution in [0.1, 0.15) is 47.2 Å². The number of hydrogen-bond acceptors (Lipinski definition) is 3. The smallest absolute Gasteiger partial charge is 0.137 e. The van der Waals surface area contributed by atoms with Gasteiger partial charge in [-0.25, -0.2) is 0 Å². The first-order valence-corrected chi connectivity index (χ1v) is 19.1. The van der Waals surface area contributed by atoms with Gasteiger partial charge in [0, 0.05) is 56.5 Å². The number of furan rings is 1. The molecule has 8 aromatic carbocycles. The van der Waals surface area contributed by atoms with Gasteiger partial charge in [0.2, 0.25) is 0 Å². The van der Waals surface area contributed by atoms with Crippen molar-refractivity contribution in [1.29, 1.82) is 0 Å². The first kappa shape index (κ1) is 30.6. The molecule has 0 atom stereocenters. The summed E-state index contributed by atoms with van der Waals surface area (Å²) in [4.78, 5) is 2.36. The summed E-state index contributed by atoms with van der Waals surface area (Å²) < 4.78 is 13.4. The molecule has 9 aromatic rings. The molecule has 0 fully saturated rings. The number of fused-ring (bicyclic) bond motifs is 15. The second kappa shape index (κ2) is 10.9. The van der Waals surface area contributed by atoms with Crippen molar-refractivity contribution in [3.63, 3.8) is 0 Å². The van der Waals surface area contributed by atoms with Crippen molar-refractivity contribution in [3.8, 4) is 33.8 Å². The molecular formula is C52H35NO2. The van der Waals surface area contributed by atoms with E-state index in [0.717, 1.165) is 56.1 Å². The lowest BCUT2D eigenvalue weighted by Crippen LogP contribution is -2.32. The van der Waals surface area contributed by atoms with Crippen LogP contribution in [0.4, 0.5) is 17.1 Å². The van der Waals surface area contributed by atoms with Gasteiger partial charge in [0.1, 0.15) is 22.7 Å². The van der Waals surface area contributed by atoms with Gasteiger partial charge in [-0.1, -0.05) is 135 Å². The van der Waals surface area contributed by atoms with Gasteiger partial charge in [0.25, 0.3) is 0 Å². The Bertz CT molecular complexity index is 3030. The third-order valence-corrected chi connectivity index (χ3v) is 12.5. The third-order valence-electron chi connectivity index (χ3n) is 12.5. The summed E-state index contributed by atoms with van der Waals surface area (Å²) in [5, 5.41) is 2.23.